The normalized spacial score (nSPS) is 9.75. The number of hydrogen-bond acceptors (Lipinski definition) is 3. The summed E-state index contributed by atoms with van der Waals surface area (Å²) in [6, 6.07) is 8.59. The molecule has 0 spiro atoms. The van der Waals surface area contributed by atoms with Crippen molar-refractivity contribution in [1.29, 1.82) is 0 Å². The Labute approximate surface area is 139 Å². The van der Waals surface area contributed by atoms with Crippen molar-refractivity contribution >= 4 is 17.4 Å². The highest BCUT2D eigenvalue weighted by Gasteiger charge is 2.12. The van der Waals surface area contributed by atoms with Gasteiger partial charge in [0.2, 0.25) is 5.69 Å². The van der Waals surface area contributed by atoms with Crippen LogP contribution in [0, 0.1) is 12.4 Å². The molecule has 0 radical (unpaired) electrons. The highest BCUT2D eigenvalue weighted by molar-refractivity contribution is 5.93. The zero-order chi connectivity index (χ0) is 17.5. The van der Waals surface area contributed by atoms with Gasteiger partial charge in [0.15, 0.2) is 0 Å². The molecule has 2 aromatic rings. The lowest BCUT2D eigenvalue weighted by atomic mass is 10.2. The molecular formula is C17H16FN3O3. The predicted molar refractivity (Wildman–Crippen MR) is 88.1 cm³/mol. The zero-order valence-corrected chi connectivity index (χ0v) is 13.2. The summed E-state index contributed by atoms with van der Waals surface area (Å²) in [5.74, 6) is 0.524. The number of para-hydroxylation sites is 1. The lowest BCUT2D eigenvalue weighted by Gasteiger charge is -2.13. The van der Waals surface area contributed by atoms with Crippen molar-refractivity contribution in [3.63, 3.8) is 0 Å². The van der Waals surface area contributed by atoms with Crippen molar-refractivity contribution in [2.45, 2.75) is 6.54 Å². The number of rotatable bonds is 5. The van der Waals surface area contributed by atoms with Gasteiger partial charge in [-0.1, -0.05) is 12.1 Å². The molecule has 0 unspecified atom stereocenters. The van der Waals surface area contributed by atoms with Crippen molar-refractivity contribution in [2.24, 2.45) is 0 Å². The topological polar surface area (TPSA) is 64.0 Å². The molecule has 0 saturated heterocycles. The van der Waals surface area contributed by atoms with Crippen LogP contribution < -0.4 is 20.1 Å². The molecule has 0 aromatic heterocycles. The smallest absolute Gasteiger partial charge is 0.318 e. The van der Waals surface area contributed by atoms with E-state index in [-0.39, 0.29) is 17.9 Å². The number of nitrogens with one attached hydrogen (secondary N) is 2. The summed E-state index contributed by atoms with van der Waals surface area (Å²) < 4.78 is 24.1. The van der Waals surface area contributed by atoms with E-state index >= 15 is 0 Å². The number of hydrogen-bond donors (Lipinski definition) is 2. The number of methoxy groups -OCH3 is 2. The van der Waals surface area contributed by atoms with E-state index in [0.29, 0.717) is 11.5 Å². The van der Waals surface area contributed by atoms with Gasteiger partial charge in [-0.05, 0) is 18.2 Å². The van der Waals surface area contributed by atoms with Gasteiger partial charge in [-0.2, -0.15) is 0 Å². The molecule has 0 fully saturated rings. The summed E-state index contributed by atoms with van der Waals surface area (Å²) in [4.78, 5) is 15.2. The van der Waals surface area contributed by atoms with Gasteiger partial charge in [-0.15, -0.1) is 0 Å². The van der Waals surface area contributed by atoms with Crippen LogP contribution >= 0.6 is 0 Å². The molecule has 0 aliphatic carbocycles. The molecule has 24 heavy (non-hydrogen) atoms. The van der Waals surface area contributed by atoms with Crippen LogP contribution in [0.2, 0.25) is 0 Å². The highest BCUT2D eigenvalue weighted by atomic mass is 19.1. The molecule has 0 saturated carbocycles. The first-order valence-electron chi connectivity index (χ1n) is 7.00. The molecule has 0 aliphatic heterocycles. The van der Waals surface area contributed by atoms with Crippen molar-refractivity contribution in [3.05, 3.63) is 59.2 Å². The molecule has 2 rings (SSSR count). The third-order valence-electron chi connectivity index (χ3n) is 3.28. The Kier molecular flexibility index (Phi) is 5.58. The van der Waals surface area contributed by atoms with Crippen molar-refractivity contribution in [2.75, 3.05) is 19.5 Å². The van der Waals surface area contributed by atoms with Crippen LogP contribution in [0.4, 0.5) is 20.6 Å². The Morgan fingerprint density at radius 2 is 2.04 bits per heavy atom. The number of ether oxygens (including phenoxy) is 2. The largest absolute Gasteiger partial charge is 0.497 e. The van der Waals surface area contributed by atoms with Crippen LogP contribution in [0.15, 0.2) is 36.4 Å². The monoisotopic (exact) mass is 329 g/mol. The van der Waals surface area contributed by atoms with Gasteiger partial charge in [-0.25, -0.2) is 14.0 Å². The third kappa shape index (κ3) is 3.93. The minimum Gasteiger partial charge on any atom is -0.497 e. The van der Waals surface area contributed by atoms with Crippen LogP contribution in [0.3, 0.4) is 0 Å². The number of nitrogens with zero attached hydrogens (tertiary/aromatic N) is 1. The average Bonchev–Trinajstić information content (AvgIpc) is 2.61. The molecule has 0 atom stereocenters. The Balaban J connectivity index is 2.06. The van der Waals surface area contributed by atoms with Crippen LogP contribution in [-0.2, 0) is 6.54 Å². The zero-order valence-electron chi connectivity index (χ0n) is 13.2. The molecule has 2 aromatic carbocycles. The van der Waals surface area contributed by atoms with E-state index in [1.54, 1.807) is 25.3 Å². The Bertz CT molecular complexity index is 787. The van der Waals surface area contributed by atoms with Gasteiger partial charge >= 0.3 is 6.03 Å². The van der Waals surface area contributed by atoms with E-state index < -0.39 is 11.8 Å². The molecule has 6 nitrogen and oxygen atoms in total. The van der Waals surface area contributed by atoms with E-state index in [2.05, 4.69) is 15.5 Å². The fourth-order valence-electron chi connectivity index (χ4n) is 2.06. The molecule has 0 aliphatic rings. The van der Waals surface area contributed by atoms with E-state index in [4.69, 9.17) is 16.0 Å². The van der Waals surface area contributed by atoms with E-state index in [1.807, 2.05) is 0 Å². The first-order valence-corrected chi connectivity index (χ1v) is 7.00. The molecule has 0 bridgehead atoms. The maximum absolute atomic E-state index is 13.7. The number of anilines is 1. The predicted octanol–water partition coefficient (Wildman–Crippen LogP) is 3.72. The van der Waals surface area contributed by atoms with Gasteiger partial charge in [0.1, 0.15) is 17.3 Å². The van der Waals surface area contributed by atoms with E-state index in [1.165, 1.54) is 25.3 Å². The quantitative estimate of drug-likeness (QED) is 0.822. The fraction of sp³-hybridized carbons (Fsp3) is 0.176. The van der Waals surface area contributed by atoms with Gasteiger partial charge in [-0.3, -0.25) is 0 Å². The summed E-state index contributed by atoms with van der Waals surface area (Å²) in [6.45, 7) is 7.18. The SMILES string of the molecule is [C-]#[N+]c1cccc(F)c1NC(=O)NCc1ccc(OC)cc1OC. The van der Waals surface area contributed by atoms with Gasteiger partial charge in [0.05, 0.1) is 26.5 Å². The first-order chi connectivity index (χ1) is 11.6. The molecular weight excluding hydrogens is 313 g/mol. The molecule has 124 valence electrons. The van der Waals surface area contributed by atoms with Crippen LogP contribution in [0.1, 0.15) is 5.56 Å². The number of amides is 2. The molecule has 7 heteroatoms. The van der Waals surface area contributed by atoms with Crippen molar-refractivity contribution in [1.82, 2.24) is 5.32 Å². The lowest BCUT2D eigenvalue weighted by molar-refractivity contribution is 0.251. The van der Waals surface area contributed by atoms with Crippen molar-refractivity contribution < 1.29 is 18.7 Å². The van der Waals surface area contributed by atoms with Gasteiger partial charge in [0, 0.05) is 18.2 Å². The average molecular weight is 329 g/mol. The lowest BCUT2D eigenvalue weighted by Crippen LogP contribution is -2.28. The van der Waals surface area contributed by atoms with Crippen molar-refractivity contribution in [3.8, 4) is 11.5 Å². The second-order valence-electron chi connectivity index (χ2n) is 4.73. The minimum atomic E-state index is -0.666. The van der Waals surface area contributed by atoms with Crippen LogP contribution in [-0.4, -0.2) is 20.3 Å². The van der Waals surface area contributed by atoms with Crippen LogP contribution in [0.25, 0.3) is 4.85 Å². The molecule has 0 heterocycles. The fourth-order valence-corrected chi connectivity index (χ4v) is 2.06. The molecule has 2 N–H and O–H groups in total. The summed E-state index contributed by atoms with van der Waals surface area (Å²) in [6.07, 6.45) is 0. The Hall–Kier alpha value is -3.27. The second-order valence-corrected chi connectivity index (χ2v) is 4.73. The number of urea groups is 1. The van der Waals surface area contributed by atoms with E-state index in [9.17, 15) is 9.18 Å². The number of carbonyl (C=O) groups is 1. The summed E-state index contributed by atoms with van der Waals surface area (Å²) in [7, 11) is 3.06. The van der Waals surface area contributed by atoms with E-state index in [0.717, 1.165) is 5.56 Å². The third-order valence-corrected chi connectivity index (χ3v) is 3.28. The minimum absolute atomic E-state index is 0.0344. The van der Waals surface area contributed by atoms with Gasteiger partial charge < -0.3 is 20.1 Å². The van der Waals surface area contributed by atoms with Gasteiger partial charge in [0.25, 0.3) is 0 Å². The second kappa shape index (κ2) is 7.83. The molecule has 2 amide bonds. The Morgan fingerprint density at radius 3 is 2.71 bits per heavy atom. The first kappa shape index (κ1) is 17.1. The summed E-state index contributed by atoms with van der Waals surface area (Å²) >= 11 is 0. The summed E-state index contributed by atoms with van der Waals surface area (Å²) in [5, 5.41) is 4.95. The number of benzene rings is 2. The Morgan fingerprint density at radius 1 is 1.25 bits per heavy atom. The highest BCUT2D eigenvalue weighted by Crippen LogP contribution is 2.28. The maximum Gasteiger partial charge on any atom is 0.318 e. The summed E-state index contributed by atoms with van der Waals surface area (Å²) in [5.41, 5.74) is 0.617. The maximum atomic E-state index is 13.7. The van der Waals surface area contributed by atoms with Crippen LogP contribution in [0.5, 0.6) is 11.5 Å². The number of halogens is 1. The standard InChI is InChI=1S/C17H16FN3O3/c1-19-14-6-4-5-13(18)16(14)21-17(22)20-10-11-7-8-12(23-2)9-15(11)24-3/h4-9H,10H2,2-3H3,(H2,20,21,22). The number of carbonyl (C=O) groups excluding carboxylic acids is 1.